The number of piperidine rings is 2. The fourth-order valence-electron chi connectivity index (χ4n) is 6.84. The first kappa shape index (κ1) is 32.1. The van der Waals surface area contributed by atoms with Crippen molar-refractivity contribution in [3.8, 4) is 0 Å². The Morgan fingerprint density at radius 2 is 1.80 bits per heavy atom. The molecule has 1 N–H and O–H groups in total. The molecule has 5 rings (SSSR count). The normalized spacial score (nSPS) is 19.0. The van der Waals surface area contributed by atoms with Crippen LogP contribution in [0, 0.1) is 18.7 Å². The van der Waals surface area contributed by atoms with Crippen LogP contribution >= 0.6 is 0 Å². The topological polar surface area (TPSA) is 83.5 Å². The van der Waals surface area contributed by atoms with E-state index in [1.54, 1.807) is 25.9 Å². The standard InChI is InChI=1S/C33H43F3N6O2/c1-20(2)41-14-10-24(11-15-41)33(35,36)27-9-7-8-25(29(27)34)21(3)39-30-26-18-28(22(4)40-31(26)38-19-37-30)32(44-6)12-16-42(17-13-32)23(5)43/h7-9,18-21,24H,10-17H2,1-6H3,(H,37,38,39,40)/t21-/m1/s1. The van der Waals surface area contributed by atoms with Crippen LogP contribution < -0.4 is 5.32 Å². The zero-order chi connectivity index (χ0) is 31.8. The smallest absolute Gasteiger partial charge is 0.278 e. The SMILES string of the molecule is COC1(c2cc3c(N[C@H](C)c4cccc(C(F)(F)C5CCN(C(C)C)CC5)c4F)ncnc3nc2C)CCN(C(C)=O)CC1. The fraction of sp³-hybridized carbons (Fsp3) is 0.576. The van der Waals surface area contributed by atoms with Gasteiger partial charge in [-0.25, -0.2) is 28.1 Å². The Morgan fingerprint density at radius 1 is 1.11 bits per heavy atom. The maximum Gasteiger partial charge on any atom is 0.278 e. The van der Waals surface area contributed by atoms with Crippen LogP contribution in [-0.4, -0.2) is 70.0 Å². The van der Waals surface area contributed by atoms with Crippen LogP contribution in [0.4, 0.5) is 19.0 Å². The van der Waals surface area contributed by atoms with Gasteiger partial charge in [0.1, 0.15) is 18.0 Å². The number of carbonyl (C=O) groups is 1. The highest BCUT2D eigenvalue weighted by molar-refractivity contribution is 5.87. The van der Waals surface area contributed by atoms with Crippen molar-refractivity contribution < 1.29 is 22.7 Å². The summed E-state index contributed by atoms with van der Waals surface area (Å²) in [6.45, 7) is 11.6. The number of hydrogen-bond acceptors (Lipinski definition) is 7. The number of nitrogens with zero attached hydrogens (tertiary/aromatic N) is 5. The third-order valence-electron chi connectivity index (χ3n) is 9.69. The Bertz CT molecular complexity index is 1500. The second-order valence-electron chi connectivity index (χ2n) is 12.5. The van der Waals surface area contributed by atoms with E-state index >= 15 is 13.2 Å². The molecular weight excluding hydrogens is 569 g/mol. The highest BCUT2D eigenvalue weighted by Gasteiger charge is 2.45. The van der Waals surface area contributed by atoms with Crippen LogP contribution in [0.3, 0.4) is 0 Å². The first-order valence-electron chi connectivity index (χ1n) is 15.5. The van der Waals surface area contributed by atoms with Crippen molar-refractivity contribution in [2.45, 2.75) is 83.9 Å². The quantitative estimate of drug-likeness (QED) is 0.318. The summed E-state index contributed by atoms with van der Waals surface area (Å²) in [5.74, 6) is -4.65. The number of hydrogen-bond donors (Lipinski definition) is 1. The third-order valence-corrected chi connectivity index (χ3v) is 9.69. The van der Waals surface area contributed by atoms with Gasteiger partial charge in [-0.05, 0) is 72.5 Å². The van der Waals surface area contributed by atoms with E-state index in [-0.39, 0.29) is 11.5 Å². The minimum Gasteiger partial charge on any atom is -0.373 e. The second kappa shape index (κ2) is 12.6. The maximum absolute atomic E-state index is 15.9. The number of alkyl halides is 2. The van der Waals surface area contributed by atoms with Gasteiger partial charge in [0.15, 0.2) is 5.65 Å². The fourth-order valence-corrected chi connectivity index (χ4v) is 6.84. The van der Waals surface area contributed by atoms with Crippen molar-refractivity contribution in [2.75, 3.05) is 38.6 Å². The molecule has 0 bridgehead atoms. The minimum absolute atomic E-state index is 0.0301. The van der Waals surface area contributed by atoms with E-state index in [0.29, 0.717) is 74.8 Å². The lowest BCUT2D eigenvalue weighted by Crippen LogP contribution is -2.45. The van der Waals surface area contributed by atoms with Crippen LogP contribution in [0.2, 0.25) is 0 Å². The largest absolute Gasteiger partial charge is 0.373 e. The van der Waals surface area contributed by atoms with E-state index in [1.807, 2.05) is 13.0 Å². The molecule has 8 nitrogen and oxygen atoms in total. The van der Waals surface area contributed by atoms with Crippen LogP contribution in [-0.2, 0) is 21.1 Å². The van der Waals surface area contributed by atoms with Gasteiger partial charge in [-0.3, -0.25) is 4.79 Å². The lowest BCUT2D eigenvalue weighted by molar-refractivity contribution is -0.135. The first-order chi connectivity index (χ1) is 20.9. The average Bonchev–Trinajstić information content (AvgIpc) is 3.00. The number of nitrogens with one attached hydrogen (secondary N) is 1. The first-order valence-corrected chi connectivity index (χ1v) is 15.5. The molecule has 2 saturated heterocycles. The Balaban J connectivity index is 1.43. The Morgan fingerprint density at radius 3 is 2.41 bits per heavy atom. The van der Waals surface area contributed by atoms with Gasteiger partial charge >= 0.3 is 0 Å². The molecule has 2 fully saturated rings. The van der Waals surface area contributed by atoms with Crippen molar-refractivity contribution in [2.24, 2.45) is 5.92 Å². The second-order valence-corrected chi connectivity index (χ2v) is 12.5. The molecule has 0 unspecified atom stereocenters. The lowest BCUT2D eigenvalue weighted by atomic mass is 9.83. The van der Waals surface area contributed by atoms with E-state index < -0.39 is 34.9 Å². The van der Waals surface area contributed by atoms with Gasteiger partial charge < -0.3 is 19.9 Å². The molecule has 1 amide bonds. The number of aromatic nitrogens is 3. The number of benzene rings is 1. The lowest BCUT2D eigenvalue weighted by Gasteiger charge is -2.41. The molecule has 238 valence electrons. The van der Waals surface area contributed by atoms with Crippen molar-refractivity contribution in [1.29, 1.82) is 0 Å². The zero-order valence-electron chi connectivity index (χ0n) is 26.5. The zero-order valence-corrected chi connectivity index (χ0v) is 26.5. The molecule has 2 aromatic heterocycles. The van der Waals surface area contributed by atoms with Gasteiger partial charge in [0.05, 0.1) is 22.6 Å². The van der Waals surface area contributed by atoms with Crippen molar-refractivity contribution in [3.05, 3.63) is 58.8 Å². The molecule has 3 aromatic rings. The maximum atomic E-state index is 15.9. The highest BCUT2D eigenvalue weighted by atomic mass is 19.3. The van der Waals surface area contributed by atoms with E-state index in [2.05, 4.69) is 34.0 Å². The predicted molar refractivity (Wildman–Crippen MR) is 164 cm³/mol. The number of methoxy groups -OCH3 is 1. The number of carbonyl (C=O) groups excluding carboxylic acids is 1. The summed E-state index contributed by atoms with van der Waals surface area (Å²) >= 11 is 0. The molecule has 0 aliphatic carbocycles. The van der Waals surface area contributed by atoms with Crippen molar-refractivity contribution in [1.82, 2.24) is 24.8 Å². The van der Waals surface area contributed by atoms with E-state index in [9.17, 15) is 4.79 Å². The van der Waals surface area contributed by atoms with Crippen LogP contribution in [0.15, 0.2) is 30.6 Å². The highest BCUT2D eigenvalue weighted by Crippen LogP contribution is 2.44. The number of fused-ring (bicyclic) bond motifs is 1. The van der Waals surface area contributed by atoms with E-state index in [0.717, 1.165) is 11.3 Å². The van der Waals surface area contributed by atoms with Crippen molar-refractivity contribution in [3.63, 3.8) is 0 Å². The number of rotatable bonds is 8. The summed E-state index contributed by atoms with van der Waals surface area (Å²) in [7, 11) is 1.66. The molecule has 2 aliphatic heterocycles. The van der Waals surface area contributed by atoms with Gasteiger partial charge in [-0.1, -0.05) is 18.2 Å². The van der Waals surface area contributed by atoms with E-state index in [4.69, 9.17) is 9.72 Å². The van der Waals surface area contributed by atoms with Gasteiger partial charge in [0, 0.05) is 55.9 Å². The van der Waals surface area contributed by atoms with Crippen LogP contribution in [0.1, 0.15) is 81.8 Å². The number of likely N-dealkylation sites (tertiary alicyclic amines) is 2. The molecule has 4 heterocycles. The Kier molecular flexibility index (Phi) is 9.18. The number of amides is 1. The van der Waals surface area contributed by atoms with Crippen LogP contribution in [0.5, 0.6) is 0 Å². The molecule has 0 saturated carbocycles. The summed E-state index contributed by atoms with van der Waals surface area (Å²) < 4.78 is 53.5. The summed E-state index contributed by atoms with van der Waals surface area (Å²) in [6.07, 6.45) is 3.23. The monoisotopic (exact) mass is 612 g/mol. The summed E-state index contributed by atoms with van der Waals surface area (Å²) in [6, 6.07) is 5.81. The molecule has 0 radical (unpaired) electrons. The van der Waals surface area contributed by atoms with Crippen LogP contribution in [0.25, 0.3) is 11.0 Å². The number of ether oxygens (including phenoxy) is 1. The molecule has 0 spiro atoms. The summed E-state index contributed by atoms with van der Waals surface area (Å²) in [4.78, 5) is 29.5. The van der Waals surface area contributed by atoms with Gasteiger partial charge in [0.2, 0.25) is 5.91 Å². The van der Waals surface area contributed by atoms with Crippen molar-refractivity contribution >= 4 is 22.8 Å². The Hall–Kier alpha value is -3.31. The third kappa shape index (κ3) is 6.00. The summed E-state index contributed by atoms with van der Waals surface area (Å²) in [5.41, 5.74) is 1.02. The average molecular weight is 613 g/mol. The predicted octanol–water partition coefficient (Wildman–Crippen LogP) is 6.34. The molecule has 1 aromatic carbocycles. The van der Waals surface area contributed by atoms with E-state index in [1.165, 1.54) is 24.5 Å². The number of pyridine rings is 1. The molecule has 11 heteroatoms. The number of halogens is 3. The van der Waals surface area contributed by atoms with Gasteiger partial charge in [-0.15, -0.1) is 0 Å². The summed E-state index contributed by atoms with van der Waals surface area (Å²) in [5, 5.41) is 3.86. The molecule has 44 heavy (non-hydrogen) atoms. The molecule has 1 atom stereocenters. The molecular formula is C33H43F3N6O2. The minimum atomic E-state index is -3.28. The number of aryl methyl sites for hydroxylation is 1. The number of anilines is 1. The Labute approximate surface area is 257 Å². The van der Waals surface area contributed by atoms with Gasteiger partial charge in [0.25, 0.3) is 5.92 Å². The van der Waals surface area contributed by atoms with Gasteiger partial charge in [-0.2, -0.15) is 0 Å². The molecule has 2 aliphatic rings.